The Morgan fingerprint density at radius 3 is 2.86 bits per heavy atom. The SMILES string of the molecule is Fc1ccc(Cl)c(CCC2CNC2)c1. The topological polar surface area (TPSA) is 12.0 Å². The van der Waals surface area contributed by atoms with Gasteiger partial charge >= 0.3 is 0 Å². The molecule has 3 heteroatoms. The van der Waals surface area contributed by atoms with Gasteiger partial charge in [0.1, 0.15) is 5.82 Å². The smallest absolute Gasteiger partial charge is 0.123 e. The second-order valence-corrected chi connectivity index (χ2v) is 4.21. The van der Waals surface area contributed by atoms with E-state index in [4.69, 9.17) is 11.6 Å². The molecule has 1 aliphatic rings. The van der Waals surface area contributed by atoms with Crippen LogP contribution in [0, 0.1) is 11.7 Å². The first kappa shape index (κ1) is 9.94. The highest BCUT2D eigenvalue weighted by atomic mass is 35.5. The fourth-order valence-corrected chi connectivity index (χ4v) is 1.86. The molecule has 1 saturated heterocycles. The van der Waals surface area contributed by atoms with Gasteiger partial charge in [-0.25, -0.2) is 4.39 Å². The summed E-state index contributed by atoms with van der Waals surface area (Å²) in [7, 11) is 0. The van der Waals surface area contributed by atoms with Crippen molar-refractivity contribution in [1.29, 1.82) is 0 Å². The summed E-state index contributed by atoms with van der Waals surface area (Å²) in [5.41, 5.74) is 0.929. The lowest BCUT2D eigenvalue weighted by Gasteiger charge is -2.27. The molecule has 1 nitrogen and oxygen atoms in total. The highest BCUT2D eigenvalue weighted by Gasteiger charge is 2.16. The summed E-state index contributed by atoms with van der Waals surface area (Å²) < 4.78 is 12.9. The molecule has 0 aliphatic carbocycles. The van der Waals surface area contributed by atoms with Gasteiger partial charge in [-0.05, 0) is 55.6 Å². The molecule has 1 aliphatic heterocycles. The lowest BCUT2D eigenvalue weighted by molar-refractivity contribution is 0.327. The molecule has 76 valence electrons. The Morgan fingerprint density at radius 2 is 2.21 bits per heavy atom. The third-order valence-corrected chi connectivity index (χ3v) is 3.06. The Labute approximate surface area is 88.3 Å². The minimum atomic E-state index is -0.198. The number of hydrogen-bond acceptors (Lipinski definition) is 1. The van der Waals surface area contributed by atoms with Crippen LogP contribution in [0.25, 0.3) is 0 Å². The summed E-state index contributed by atoms with van der Waals surface area (Å²) in [5.74, 6) is 0.547. The maximum absolute atomic E-state index is 12.9. The predicted octanol–water partition coefficient (Wildman–Crippen LogP) is 2.63. The maximum Gasteiger partial charge on any atom is 0.123 e. The van der Waals surface area contributed by atoms with Crippen LogP contribution in [-0.2, 0) is 6.42 Å². The van der Waals surface area contributed by atoms with Crippen molar-refractivity contribution in [2.24, 2.45) is 5.92 Å². The molecule has 0 saturated carbocycles. The molecule has 0 bridgehead atoms. The first-order valence-corrected chi connectivity index (χ1v) is 5.28. The summed E-state index contributed by atoms with van der Waals surface area (Å²) in [6.07, 6.45) is 1.97. The zero-order valence-corrected chi connectivity index (χ0v) is 8.65. The summed E-state index contributed by atoms with van der Waals surface area (Å²) in [4.78, 5) is 0. The van der Waals surface area contributed by atoms with E-state index in [1.54, 1.807) is 6.07 Å². The average Bonchev–Trinajstić information content (AvgIpc) is 2.08. The van der Waals surface area contributed by atoms with Crippen LogP contribution in [0.3, 0.4) is 0 Å². The molecular formula is C11H13ClFN. The molecule has 2 rings (SSSR count). The van der Waals surface area contributed by atoms with Crippen LogP contribution in [0.15, 0.2) is 18.2 Å². The van der Waals surface area contributed by atoms with Gasteiger partial charge in [-0.3, -0.25) is 0 Å². The third kappa shape index (κ3) is 2.25. The van der Waals surface area contributed by atoms with E-state index in [-0.39, 0.29) is 5.82 Å². The van der Waals surface area contributed by atoms with E-state index in [2.05, 4.69) is 5.32 Å². The standard InChI is InChI=1S/C11H13ClFN/c12-11-4-3-10(13)5-9(11)2-1-8-6-14-7-8/h3-5,8,14H,1-2,6-7H2. The van der Waals surface area contributed by atoms with Gasteiger partial charge in [-0.1, -0.05) is 11.6 Å². The molecule has 1 N–H and O–H groups in total. The summed E-state index contributed by atoms with van der Waals surface area (Å²) in [5, 5.41) is 3.90. The summed E-state index contributed by atoms with van der Waals surface area (Å²) >= 11 is 5.96. The molecule has 1 heterocycles. The van der Waals surface area contributed by atoms with Crippen LogP contribution in [0.1, 0.15) is 12.0 Å². The van der Waals surface area contributed by atoms with Crippen molar-refractivity contribution in [3.8, 4) is 0 Å². The largest absolute Gasteiger partial charge is 0.316 e. The molecule has 1 aromatic carbocycles. The van der Waals surface area contributed by atoms with Crippen molar-refractivity contribution in [1.82, 2.24) is 5.32 Å². The van der Waals surface area contributed by atoms with Crippen LogP contribution >= 0.6 is 11.6 Å². The second-order valence-electron chi connectivity index (χ2n) is 3.80. The molecular weight excluding hydrogens is 201 g/mol. The highest BCUT2D eigenvalue weighted by Crippen LogP contribution is 2.21. The van der Waals surface area contributed by atoms with Crippen molar-refractivity contribution < 1.29 is 4.39 Å². The highest BCUT2D eigenvalue weighted by molar-refractivity contribution is 6.31. The van der Waals surface area contributed by atoms with E-state index >= 15 is 0 Å². The monoisotopic (exact) mass is 213 g/mol. The average molecular weight is 214 g/mol. The van der Waals surface area contributed by atoms with E-state index in [1.807, 2.05) is 0 Å². The van der Waals surface area contributed by atoms with Crippen LogP contribution in [0.5, 0.6) is 0 Å². The van der Waals surface area contributed by atoms with Gasteiger partial charge in [0.05, 0.1) is 0 Å². The molecule has 1 fully saturated rings. The van der Waals surface area contributed by atoms with Crippen molar-refractivity contribution in [2.75, 3.05) is 13.1 Å². The lowest BCUT2D eigenvalue weighted by Crippen LogP contribution is -2.42. The van der Waals surface area contributed by atoms with Crippen LogP contribution in [-0.4, -0.2) is 13.1 Å². The maximum atomic E-state index is 12.9. The molecule has 0 radical (unpaired) electrons. The lowest BCUT2D eigenvalue weighted by atomic mass is 9.95. The summed E-state index contributed by atoms with van der Waals surface area (Å²) in [6.45, 7) is 2.18. The Hall–Kier alpha value is -0.600. The second kappa shape index (κ2) is 4.28. The van der Waals surface area contributed by atoms with Crippen molar-refractivity contribution in [2.45, 2.75) is 12.8 Å². The minimum Gasteiger partial charge on any atom is -0.316 e. The Morgan fingerprint density at radius 1 is 1.43 bits per heavy atom. The zero-order valence-electron chi connectivity index (χ0n) is 7.89. The van der Waals surface area contributed by atoms with Gasteiger partial charge in [-0.15, -0.1) is 0 Å². The number of rotatable bonds is 3. The zero-order chi connectivity index (χ0) is 9.97. The molecule has 0 amide bonds. The van der Waals surface area contributed by atoms with Crippen molar-refractivity contribution >= 4 is 11.6 Å². The minimum absolute atomic E-state index is 0.198. The van der Waals surface area contributed by atoms with Gasteiger partial charge in [0, 0.05) is 5.02 Å². The molecule has 0 atom stereocenters. The Balaban J connectivity index is 1.96. The van der Waals surface area contributed by atoms with E-state index < -0.39 is 0 Å². The van der Waals surface area contributed by atoms with Crippen LogP contribution < -0.4 is 5.32 Å². The quantitative estimate of drug-likeness (QED) is 0.814. The number of benzene rings is 1. The van der Waals surface area contributed by atoms with Gasteiger partial charge in [0.15, 0.2) is 0 Å². The van der Waals surface area contributed by atoms with Gasteiger partial charge < -0.3 is 5.32 Å². The number of aryl methyl sites for hydroxylation is 1. The van der Waals surface area contributed by atoms with E-state index in [0.717, 1.165) is 37.4 Å². The number of halogens is 2. The fourth-order valence-electron chi connectivity index (χ4n) is 1.65. The van der Waals surface area contributed by atoms with Crippen molar-refractivity contribution in [3.05, 3.63) is 34.6 Å². The molecule has 1 aromatic rings. The van der Waals surface area contributed by atoms with E-state index in [0.29, 0.717) is 5.02 Å². The normalized spacial score (nSPS) is 16.7. The van der Waals surface area contributed by atoms with Crippen LogP contribution in [0.2, 0.25) is 5.02 Å². The van der Waals surface area contributed by atoms with E-state index in [9.17, 15) is 4.39 Å². The first-order chi connectivity index (χ1) is 6.75. The number of hydrogen-bond donors (Lipinski definition) is 1. The molecule has 0 unspecified atom stereocenters. The Kier molecular flexibility index (Phi) is 3.04. The van der Waals surface area contributed by atoms with Gasteiger partial charge in [0.2, 0.25) is 0 Å². The third-order valence-electron chi connectivity index (χ3n) is 2.70. The first-order valence-electron chi connectivity index (χ1n) is 4.90. The van der Waals surface area contributed by atoms with Crippen molar-refractivity contribution in [3.63, 3.8) is 0 Å². The molecule has 0 spiro atoms. The van der Waals surface area contributed by atoms with Gasteiger partial charge in [-0.2, -0.15) is 0 Å². The predicted molar refractivity (Wildman–Crippen MR) is 56.1 cm³/mol. The van der Waals surface area contributed by atoms with Crippen LogP contribution in [0.4, 0.5) is 4.39 Å². The number of nitrogens with one attached hydrogen (secondary N) is 1. The summed E-state index contributed by atoms with van der Waals surface area (Å²) in [6, 6.07) is 4.57. The van der Waals surface area contributed by atoms with E-state index in [1.165, 1.54) is 12.1 Å². The molecule has 0 aromatic heterocycles. The molecule has 14 heavy (non-hydrogen) atoms. The van der Waals surface area contributed by atoms with Gasteiger partial charge in [0.25, 0.3) is 0 Å². The fraction of sp³-hybridized carbons (Fsp3) is 0.455. The Bertz CT molecular complexity index is 323.